The highest BCUT2D eigenvalue weighted by molar-refractivity contribution is 6.01. The van der Waals surface area contributed by atoms with E-state index in [0.717, 1.165) is 5.56 Å². The number of aromatic carboxylic acids is 1. The zero-order valence-electron chi connectivity index (χ0n) is 12.2. The van der Waals surface area contributed by atoms with Gasteiger partial charge >= 0.3 is 12.0 Å². The van der Waals surface area contributed by atoms with Crippen molar-refractivity contribution in [3.8, 4) is 0 Å². The molecule has 114 valence electrons. The molecule has 3 amide bonds. The van der Waals surface area contributed by atoms with Crippen LogP contribution in [0.25, 0.3) is 0 Å². The van der Waals surface area contributed by atoms with Gasteiger partial charge in [-0.2, -0.15) is 0 Å². The average molecular weight is 293 g/mol. The van der Waals surface area contributed by atoms with Gasteiger partial charge in [0.1, 0.15) is 6.04 Å². The fourth-order valence-corrected chi connectivity index (χ4v) is 1.69. The van der Waals surface area contributed by atoms with E-state index in [9.17, 15) is 14.4 Å². The summed E-state index contributed by atoms with van der Waals surface area (Å²) >= 11 is 0. The van der Waals surface area contributed by atoms with Gasteiger partial charge in [-0.15, -0.1) is 0 Å². The van der Waals surface area contributed by atoms with Gasteiger partial charge in [-0.3, -0.25) is 4.79 Å². The van der Waals surface area contributed by atoms with Crippen molar-refractivity contribution in [1.82, 2.24) is 10.6 Å². The van der Waals surface area contributed by atoms with Crippen LogP contribution in [0.5, 0.6) is 0 Å². The summed E-state index contributed by atoms with van der Waals surface area (Å²) in [4.78, 5) is 34.4. The van der Waals surface area contributed by atoms with E-state index in [1.807, 2.05) is 0 Å². The van der Waals surface area contributed by atoms with E-state index in [0.29, 0.717) is 6.54 Å². The molecule has 0 fully saturated rings. The Morgan fingerprint density at radius 3 is 2.52 bits per heavy atom. The van der Waals surface area contributed by atoms with Gasteiger partial charge in [0.05, 0.1) is 11.3 Å². The Morgan fingerprint density at radius 2 is 1.95 bits per heavy atom. The number of amides is 3. The molecular formula is C14H19N3O4. The molecule has 7 heteroatoms. The van der Waals surface area contributed by atoms with Crippen molar-refractivity contribution in [2.24, 2.45) is 0 Å². The number of hydrogen-bond acceptors (Lipinski definition) is 3. The van der Waals surface area contributed by atoms with E-state index in [4.69, 9.17) is 5.11 Å². The number of likely N-dealkylation sites (N-methyl/N-ethyl adjacent to an activating group) is 1. The fourth-order valence-electron chi connectivity index (χ4n) is 1.69. The van der Waals surface area contributed by atoms with Gasteiger partial charge in [-0.05, 0) is 32.9 Å². The van der Waals surface area contributed by atoms with Crippen molar-refractivity contribution in [2.45, 2.75) is 26.8 Å². The molecule has 1 rings (SSSR count). The molecule has 0 aromatic heterocycles. The molecule has 0 bridgehead atoms. The molecule has 1 aromatic carbocycles. The Labute approximate surface area is 122 Å². The summed E-state index contributed by atoms with van der Waals surface area (Å²) in [5.74, 6) is -1.44. The number of hydrogen-bond donors (Lipinski definition) is 4. The first kappa shape index (κ1) is 16.5. The SMILES string of the molecule is CCNC(=O)C(C)NC(=O)Nc1ccc(C)cc1C(=O)O. The molecule has 0 aliphatic carbocycles. The maximum absolute atomic E-state index is 11.8. The standard InChI is InChI=1S/C14H19N3O4/c1-4-15-12(18)9(3)16-14(21)17-11-6-5-8(2)7-10(11)13(19)20/h5-7,9H,4H2,1-3H3,(H,15,18)(H,19,20)(H2,16,17,21). The second-order valence-electron chi connectivity index (χ2n) is 4.57. The van der Waals surface area contributed by atoms with Crippen LogP contribution in [0.4, 0.5) is 10.5 Å². The minimum atomic E-state index is -1.13. The van der Waals surface area contributed by atoms with Crippen LogP contribution in [-0.4, -0.2) is 35.6 Å². The van der Waals surface area contributed by atoms with Crippen molar-refractivity contribution < 1.29 is 19.5 Å². The number of carbonyl (C=O) groups excluding carboxylic acids is 2. The van der Waals surface area contributed by atoms with Gasteiger partial charge < -0.3 is 21.1 Å². The zero-order valence-corrected chi connectivity index (χ0v) is 12.2. The molecule has 1 unspecified atom stereocenters. The maximum Gasteiger partial charge on any atom is 0.337 e. The molecule has 0 aliphatic rings. The van der Waals surface area contributed by atoms with Crippen LogP contribution in [0.15, 0.2) is 18.2 Å². The molecule has 0 aliphatic heterocycles. The fraction of sp³-hybridized carbons (Fsp3) is 0.357. The second-order valence-corrected chi connectivity index (χ2v) is 4.57. The van der Waals surface area contributed by atoms with Gasteiger partial charge in [0.2, 0.25) is 5.91 Å². The van der Waals surface area contributed by atoms with Crippen LogP contribution in [0.2, 0.25) is 0 Å². The van der Waals surface area contributed by atoms with Crippen LogP contribution in [0, 0.1) is 6.92 Å². The third kappa shape index (κ3) is 4.79. The van der Waals surface area contributed by atoms with E-state index >= 15 is 0 Å². The third-order valence-electron chi connectivity index (χ3n) is 2.75. The highest BCUT2D eigenvalue weighted by Crippen LogP contribution is 2.17. The maximum atomic E-state index is 11.8. The molecule has 7 nitrogen and oxygen atoms in total. The van der Waals surface area contributed by atoms with Crippen LogP contribution in [0.3, 0.4) is 0 Å². The molecule has 0 radical (unpaired) electrons. The predicted octanol–water partition coefficient (Wildman–Crippen LogP) is 1.34. The molecule has 0 heterocycles. The van der Waals surface area contributed by atoms with E-state index in [-0.39, 0.29) is 17.2 Å². The largest absolute Gasteiger partial charge is 0.478 e. The Bertz CT molecular complexity index is 557. The topological polar surface area (TPSA) is 108 Å². The van der Waals surface area contributed by atoms with Crippen LogP contribution >= 0.6 is 0 Å². The summed E-state index contributed by atoms with van der Waals surface area (Å²) in [6.45, 7) is 5.54. The Balaban J connectivity index is 2.75. The molecular weight excluding hydrogens is 274 g/mol. The van der Waals surface area contributed by atoms with E-state index in [1.54, 1.807) is 19.9 Å². The van der Waals surface area contributed by atoms with E-state index in [2.05, 4.69) is 16.0 Å². The summed E-state index contributed by atoms with van der Waals surface area (Å²) in [5.41, 5.74) is 0.943. The lowest BCUT2D eigenvalue weighted by atomic mass is 10.1. The van der Waals surface area contributed by atoms with Crippen molar-refractivity contribution in [3.05, 3.63) is 29.3 Å². The summed E-state index contributed by atoms with van der Waals surface area (Å²) in [5, 5.41) is 16.6. The molecule has 0 saturated heterocycles. The number of rotatable bonds is 5. The first-order valence-corrected chi connectivity index (χ1v) is 6.54. The summed E-state index contributed by atoms with van der Waals surface area (Å²) < 4.78 is 0. The van der Waals surface area contributed by atoms with Gasteiger partial charge in [0, 0.05) is 6.54 Å². The summed E-state index contributed by atoms with van der Waals surface area (Å²) in [7, 11) is 0. The molecule has 1 atom stereocenters. The first-order valence-electron chi connectivity index (χ1n) is 6.54. The highest BCUT2D eigenvalue weighted by atomic mass is 16.4. The second kappa shape index (κ2) is 7.28. The zero-order chi connectivity index (χ0) is 16.0. The van der Waals surface area contributed by atoms with Crippen molar-refractivity contribution >= 4 is 23.6 Å². The number of benzene rings is 1. The average Bonchev–Trinajstić information content (AvgIpc) is 2.40. The normalized spacial score (nSPS) is 11.4. The summed E-state index contributed by atoms with van der Waals surface area (Å²) in [6, 6.07) is 3.30. The van der Waals surface area contributed by atoms with Crippen LogP contribution in [-0.2, 0) is 4.79 Å². The highest BCUT2D eigenvalue weighted by Gasteiger charge is 2.17. The van der Waals surface area contributed by atoms with E-state index in [1.165, 1.54) is 19.1 Å². The summed E-state index contributed by atoms with van der Waals surface area (Å²) in [6.07, 6.45) is 0. The quantitative estimate of drug-likeness (QED) is 0.657. The Morgan fingerprint density at radius 1 is 1.29 bits per heavy atom. The van der Waals surface area contributed by atoms with Crippen LogP contribution < -0.4 is 16.0 Å². The predicted molar refractivity (Wildman–Crippen MR) is 78.4 cm³/mol. The van der Waals surface area contributed by atoms with Gasteiger partial charge in [0.15, 0.2) is 0 Å². The first-order chi connectivity index (χ1) is 9.85. The number of nitrogens with one attached hydrogen (secondary N) is 3. The smallest absolute Gasteiger partial charge is 0.337 e. The van der Waals surface area contributed by atoms with Crippen LogP contribution in [0.1, 0.15) is 29.8 Å². The minimum Gasteiger partial charge on any atom is -0.478 e. The Kier molecular flexibility index (Phi) is 5.71. The number of carboxylic acids is 1. The lowest BCUT2D eigenvalue weighted by Crippen LogP contribution is -2.46. The lowest BCUT2D eigenvalue weighted by molar-refractivity contribution is -0.122. The molecule has 0 saturated carbocycles. The number of anilines is 1. The number of carbonyl (C=O) groups is 3. The van der Waals surface area contributed by atoms with Gasteiger partial charge in [0.25, 0.3) is 0 Å². The minimum absolute atomic E-state index is 0.00388. The van der Waals surface area contributed by atoms with Gasteiger partial charge in [-0.25, -0.2) is 9.59 Å². The lowest BCUT2D eigenvalue weighted by Gasteiger charge is -2.15. The van der Waals surface area contributed by atoms with E-state index < -0.39 is 18.0 Å². The van der Waals surface area contributed by atoms with Gasteiger partial charge in [-0.1, -0.05) is 11.6 Å². The number of carboxylic acid groups (broad SMARTS) is 1. The Hall–Kier alpha value is -2.57. The molecule has 1 aromatic rings. The molecule has 4 N–H and O–H groups in total. The molecule has 21 heavy (non-hydrogen) atoms. The number of urea groups is 1. The van der Waals surface area contributed by atoms with Crippen molar-refractivity contribution in [3.63, 3.8) is 0 Å². The number of aryl methyl sites for hydroxylation is 1. The van der Waals surface area contributed by atoms with Crippen molar-refractivity contribution in [1.29, 1.82) is 0 Å². The monoisotopic (exact) mass is 293 g/mol. The molecule has 0 spiro atoms. The third-order valence-corrected chi connectivity index (χ3v) is 2.75. The van der Waals surface area contributed by atoms with Crippen molar-refractivity contribution in [2.75, 3.05) is 11.9 Å².